The highest BCUT2D eigenvalue weighted by Gasteiger charge is 2.56. The summed E-state index contributed by atoms with van der Waals surface area (Å²) in [6.07, 6.45) is 1.49. The number of aliphatic hydroxyl groups is 1. The molecular formula is C37H46N2O6. The van der Waals surface area contributed by atoms with Crippen LogP contribution in [0.5, 0.6) is 11.5 Å². The fourth-order valence-electron chi connectivity index (χ4n) is 6.10. The molecule has 0 radical (unpaired) electrons. The number of Topliss-reactive ketones (excluding diaryl/α,β-unsaturated/α-hetero) is 1. The molecule has 0 spiro atoms. The fourth-order valence-corrected chi connectivity index (χ4v) is 6.10. The zero-order valence-corrected chi connectivity index (χ0v) is 27.5. The van der Waals surface area contributed by atoms with Gasteiger partial charge in [0, 0.05) is 23.7 Å². The summed E-state index contributed by atoms with van der Waals surface area (Å²) in [5.41, 5.74) is 3.61. The van der Waals surface area contributed by atoms with Crippen LogP contribution in [0, 0.1) is 39.5 Å². The molecule has 240 valence electrons. The molecule has 0 aliphatic heterocycles. The second kappa shape index (κ2) is 14.3. The molecule has 3 aromatic rings. The highest BCUT2D eigenvalue weighted by atomic mass is 16.5. The summed E-state index contributed by atoms with van der Waals surface area (Å²) >= 11 is 0. The van der Waals surface area contributed by atoms with Gasteiger partial charge in [0.25, 0.3) is 0 Å². The van der Waals surface area contributed by atoms with E-state index in [-0.39, 0.29) is 6.42 Å². The lowest BCUT2D eigenvalue weighted by Crippen LogP contribution is -2.56. The SMILES string of the molecule is CCCCOc1ccc(C2C(C(=O)Nc3cc(C)ccc3C)C(=O)CC(C)(O)C2C(=O)Nc2cc(C)ccc2C)cc1OCC. The van der Waals surface area contributed by atoms with Crippen LogP contribution in [-0.4, -0.2) is 41.5 Å². The first-order chi connectivity index (χ1) is 21.4. The molecule has 4 rings (SSSR count). The number of unbranched alkanes of at least 4 members (excludes halogenated alkanes) is 1. The molecule has 1 aliphatic carbocycles. The van der Waals surface area contributed by atoms with Gasteiger partial charge in [-0.25, -0.2) is 0 Å². The third-order valence-electron chi connectivity index (χ3n) is 8.54. The van der Waals surface area contributed by atoms with Crippen molar-refractivity contribution < 1.29 is 29.0 Å². The Hall–Kier alpha value is -4.17. The van der Waals surface area contributed by atoms with Gasteiger partial charge in [0.05, 0.1) is 24.7 Å². The van der Waals surface area contributed by atoms with Crippen LogP contribution < -0.4 is 20.1 Å². The van der Waals surface area contributed by atoms with Crippen molar-refractivity contribution >= 4 is 29.0 Å². The van der Waals surface area contributed by atoms with Crippen LogP contribution in [0.1, 0.15) is 73.8 Å². The van der Waals surface area contributed by atoms with Gasteiger partial charge in [0.1, 0.15) is 11.7 Å². The second-order valence-corrected chi connectivity index (χ2v) is 12.4. The minimum Gasteiger partial charge on any atom is -0.490 e. The highest BCUT2D eigenvalue weighted by molar-refractivity contribution is 6.10. The maximum absolute atomic E-state index is 14.2. The molecule has 8 nitrogen and oxygen atoms in total. The first-order valence-electron chi connectivity index (χ1n) is 15.8. The molecule has 0 bridgehead atoms. The number of carbonyl (C=O) groups excluding carboxylic acids is 3. The van der Waals surface area contributed by atoms with Crippen molar-refractivity contribution in [3.63, 3.8) is 0 Å². The van der Waals surface area contributed by atoms with Gasteiger partial charge >= 0.3 is 0 Å². The largest absolute Gasteiger partial charge is 0.490 e. The molecule has 3 aromatic carbocycles. The van der Waals surface area contributed by atoms with Crippen LogP contribution >= 0.6 is 0 Å². The highest BCUT2D eigenvalue weighted by Crippen LogP contribution is 2.48. The van der Waals surface area contributed by atoms with Crippen molar-refractivity contribution in [3.05, 3.63) is 82.4 Å². The van der Waals surface area contributed by atoms with Gasteiger partial charge in [-0.2, -0.15) is 0 Å². The number of hydrogen-bond acceptors (Lipinski definition) is 6. The van der Waals surface area contributed by atoms with E-state index in [1.54, 1.807) is 18.2 Å². The molecule has 0 saturated heterocycles. The van der Waals surface area contributed by atoms with E-state index in [2.05, 4.69) is 17.6 Å². The molecule has 1 aliphatic rings. The topological polar surface area (TPSA) is 114 Å². The van der Waals surface area contributed by atoms with E-state index >= 15 is 0 Å². The van der Waals surface area contributed by atoms with Crippen LogP contribution in [0.2, 0.25) is 0 Å². The van der Waals surface area contributed by atoms with Crippen molar-refractivity contribution in [3.8, 4) is 11.5 Å². The molecule has 45 heavy (non-hydrogen) atoms. The lowest BCUT2D eigenvalue weighted by atomic mass is 9.61. The van der Waals surface area contributed by atoms with E-state index in [4.69, 9.17) is 9.47 Å². The lowest BCUT2D eigenvalue weighted by molar-refractivity contribution is -0.150. The normalized spacial score (nSPS) is 21.2. The molecular weight excluding hydrogens is 568 g/mol. The number of carbonyl (C=O) groups is 3. The molecule has 8 heteroatoms. The van der Waals surface area contributed by atoms with E-state index in [0.29, 0.717) is 41.7 Å². The fraction of sp³-hybridized carbons (Fsp3) is 0.432. The van der Waals surface area contributed by atoms with Crippen LogP contribution in [-0.2, 0) is 14.4 Å². The maximum Gasteiger partial charge on any atom is 0.235 e. The number of rotatable bonds is 11. The average molecular weight is 615 g/mol. The molecule has 0 aromatic heterocycles. The smallest absolute Gasteiger partial charge is 0.235 e. The van der Waals surface area contributed by atoms with Gasteiger partial charge < -0.3 is 25.2 Å². The number of nitrogens with one attached hydrogen (secondary N) is 2. The number of amides is 2. The molecule has 3 N–H and O–H groups in total. The van der Waals surface area contributed by atoms with Crippen LogP contribution in [0.3, 0.4) is 0 Å². The van der Waals surface area contributed by atoms with Crippen LogP contribution in [0.25, 0.3) is 0 Å². The van der Waals surface area contributed by atoms with Gasteiger partial charge in [-0.1, -0.05) is 43.7 Å². The van der Waals surface area contributed by atoms with Crippen molar-refractivity contribution in [1.29, 1.82) is 0 Å². The Bertz CT molecular complexity index is 1560. The summed E-state index contributed by atoms with van der Waals surface area (Å²) in [6, 6.07) is 16.7. The molecule has 1 saturated carbocycles. The summed E-state index contributed by atoms with van der Waals surface area (Å²) < 4.78 is 11.9. The number of anilines is 2. The van der Waals surface area contributed by atoms with Gasteiger partial charge in [0.2, 0.25) is 11.8 Å². The van der Waals surface area contributed by atoms with Crippen LogP contribution in [0.15, 0.2) is 54.6 Å². The molecule has 1 fully saturated rings. The van der Waals surface area contributed by atoms with Crippen molar-refractivity contribution in [2.45, 2.75) is 79.2 Å². The Balaban J connectivity index is 1.84. The zero-order chi connectivity index (χ0) is 32.9. The van der Waals surface area contributed by atoms with Gasteiger partial charge in [-0.3, -0.25) is 14.4 Å². The van der Waals surface area contributed by atoms with Gasteiger partial charge in [-0.15, -0.1) is 0 Å². The Morgan fingerprint density at radius 2 is 1.44 bits per heavy atom. The Labute approximate surface area is 266 Å². The van der Waals surface area contributed by atoms with Crippen molar-refractivity contribution in [2.75, 3.05) is 23.8 Å². The standard InChI is InChI=1S/C37H46N2O6/c1-8-10-17-45-30-16-15-26(20-31(30)44-9-2)32-33(35(41)38-27-18-22(3)11-13-24(27)5)29(40)21-37(7,43)34(32)36(42)39-28-19-23(4)12-14-25(28)6/h11-16,18-20,32-34,43H,8-10,17,21H2,1-7H3,(H,38,41)(H,39,42). The average Bonchev–Trinajstić information content (AvgIpc) is 2.96. The molecule has 2 amide bonds. The predicted octanol–water partition coefficient (Wildman–Crippen LogP) is 6.82. The third-order valence-corrected chi connectivity index (χ3v) is 8.54. The summed E-state index contributed by atoms with van der Waals surface area (Å²) in [4.78, 5) is 42.2. The molecule has 4 atom stereocenters. The van der Waals surface area contributed by atoms with E-state index in [1.165, 1.54) is 6.92 Å². The van der Waals surface area contributed by atoms with E-state index in [9.17, 15) is 19.5 Å². The number of aryl methyl sites for hydroxylation is 4. The lowest BCUT2D eigenvalue weighted by Gasteiger charge is -2.44. The first kappa shape index (κ1) is 33.7. The Morgan fingerprint density at radius 3 is 2.02 bits per heavy atom. The van der Waals surface area contributed by atoms with Gasteiger partial charge in [0.15, 0.2) is 11.5 Å². The predicted molar refractivity (Wildman–Crippen MR) is 177 cm³/mol. The first-order valence-corrected chi connectivity index (χ1v) is 15.8. The Kier molecular flexibility index (Phi) is 10.7. The number of ketones is 1. The van der Waals surface area contributed by atoms with Crippen molar-refractivity contribution in [1.82, 2.24) is 0 Å². The second-order valence-electron chi connectivity index (χ2n) is 12.4. The number of ether oxygens (including phenoxy) is 2. The quantitative estimate of drug-likeness (QED) is 0.161. The Morgan fingerprint density at radius 1 is 0.844 bits per heavy atom. The van der Waals surface area contributed by atoms with Crippen LogP contribution in [0.4, 0.5) is 11.4 Å². The summed E-state index contributed by atoms with van der Waals surface area (Å²) in [5.74, 6) is -3.85. The number of hydrogen-bond donors (Lipinski definition) is 3. The summed E-state index contributed by atoms with van der Waals surface area (Å²) in [7, 11) is 0. The van der Waals surface area contributed by atoms with E-state index in [0.717, 1.165) is 35.1 Å². The molecule has 0 heterocycles. The summed E-state index contributed by atoms with van der Waals surface area (Å²) in [6.45, 7) is 13.9. The third kappa shape index (κ3) is 7.74. The van der Waals surface area contributed by atoms with Crippen molar-refractivity contribution in [2.24, 2.45) is 11.8 Å². The van der Waals surface area contributed by atoms with Gasteiger partial charge in [-0.05, 0) is 100 Å². The zero-order valence-electron chi connectivity index (χ0n) is 27.5. The van der Waals surface area contributed by atoms with E-state index < -0.39 is 41.0 Å². The monoisotopic (exact) mass is 614 g/mol. The minimum atomic E-state index is -1.73. The summed E-state index contributed by atoms with van der Waals surface area (Å²) in [5, 5.41) is 17.7. The maximum atomic E-state index is 14.2. The number of benzene rings is 3. The van der Waals surface area contributed by atoms with E-state index in [1.807, 2.05) is 71.0 Å². The minimum absolute atomic E-state index is 0.351. The molecule has 4 unspecified atom stereocenters.